The molecule has 0 atom stereocenters. The van der Waals surface area contributed by atoms with Crippen molar-refractivity contribution in [3.63, 3.8) is 0 Å². The summed E-state index contributed by atoms with van der Waals surface area (Å²) in [7, 11) is 0. The first kappa shape index (κ1) is 13.8. The molecule has 0 radical (unpaired) electrons. The molecule has 3 N–H and O–H groups in total. The second-order valence-corrected chi connectivity index (χ2v) is 5.26. The van der Waals surface area contributed by atoms with Crippen molar-refractivity contribution in [3.05, 3.63) is 58.6 Å². The van der Waals surface area contributed by atoms with E-state index in [0.717, 1.165) is 23.9 Å². The van der Waals surface area contributed by atoms with Crippen molar-refractivity contribution >= 4 is 29.2 Å². The fraction of sp³-hybridized carbons (Fsp3) is 0. The quantitative estimate of drug-likeness (QED) is 0.663. The molecule has 0 aliphatic rings. The normalized spacial score (nSPS) is 10.5. The van der Waals surface area contributed by atoms with Gasteiger partial charge >= 0.3 is 0 Å². The number of nitrogen functional groups attached to an aromatic ring is 1. The Labute approximate surface area is 118 Å². The van der Waals surface area contributed by atoms with Crippen LogP contribution in [0.5, 0.6) is 0 Å². The Morgan fingerprint density at radius 1 is 1.16 bits per heavy atom. The van der Waals surface area contributed by atoms with E-state index in [1.807, 2.05) is 0 Å². The van der Waals surface area contributed by atoms with Crippen LogP contribution in [0.4, 0.5) is 8.78 Å². The molecule has 0 amide bonds. The average molecular weight is 299 g/mol. The minimum atomic E-state index is -0.754. The fourth-order valence-electron chi connectivity index (χ4n) is 1.46. The summed E-state index contributed by atoms with van der Waals surface area (Å²) in [6.07, 6.45) is 0. The Balaban J connectivity index is 2.38. The molecule has 98 valence electrons. The number of amidine groups is 1. The second kappa shape index (κ2) is 5.59. The van der Waals surface area contributed by atoms with Crippen LogP contribution in [0.3, 0.4) is 0 Å². The Morgan fingerprint density at radius 3 is 2.32 bits per heavy atom. The lowest BCUT2D eigenvalue weighted by molar-refractivity contribution is 0.540. The number of rotatable bonds is 3. The summed E-state index contributed by atoms with van der Waals surface area (Å²) in [6.45, 7) is 0. The summed E-state index contributed by atoms with van der Waals surface area (Å²) in [4.78, 5) is 0.480. The van der Waals surface area contributed by atoms with Gasteiger partial charge in [0.25, 0.3) is 0 Å². The summed E-state index contributed by atoms with van der Waals surface area (Å²) < 4.78 is 27.6. The van der Waals surface area contributed by atoms with Crippen LogP contribution < -0.4 is 5.73 Å². The standard InChI is InChI=1S/C13H9ClF2N2S/c14-8-2-1-3-9(6-8)19-12-10(15)4-7(13(17)18)5-11(12)16/h1-6H,(H3,17,18). The van der Waals surface area contributed by atoms with Gasteiger partial charge in [0.1, 0.15) is 17.5 Å². The molecule has 19 heavy (non-hydrogen) atoms. The van der Waals surface area contributed by atoms with E-state index in [1.54, 1.807) is 24.3 Å². The minimum Gasteiger partial charge on any atom is -0.384 e. The molecule has 0 aliphatic heterocycles. The van der Waals surface area contributed by atoms with E-state index >= 15 is 0 Å². The van der Waals surface area contributed by atoms with E-state index in [2.05, 4.69) is 0 Å². The minimum absolute atomic E-state index is 0.0189. The monoisotopic (exact) mass is 298 g/mol. The molecule has 2 nitrogen and oxygen atoms in total. The highest BCUT2D eigenvalue weighted by molar-refractivity contribution is 7.99. The van der Waals surface area contributed by atoms with Crippen molar-refractivity contribution in [2.75, 3.05) is 0 Å². The van der Waals surface area contributed by atoms with Gasteiger partial charge in [0.2, 0.25) is 0 Å². The van der Waals surface area contributed by atoms with Crippen molar-refractivity contribution in [1.82, 2.24) is 0 Å². The SMILES string of the molecule is N=C(N)c1cc(F)c(Sc2cccc(Cl)c2)c(F)c1. The van der Waals surface area contributed by atoms with E-state index in [1.165, 1.54) is 0 Å². The number of benzene rings is 2. The Morgan fingerprint density at radius 2 is 1.79 bits per heavy atom. The van der Waals surface area contributed by atoms with Gasteiger partial charge in [0.05, 0.1) is 4.90 Å². The summed E-state index contributed by atoms with van der Waals surface area (Å²) >= 11 is 6.74. The van der Waals surface area contributed by atoms with Gasteiger partial charge in [-0.05, 0) is 30.3 Å². The highest BCUT2D eigenvalue weighted by atomic mass is 35.5. The van der Waals surface area contributed by atoms with E-state index in [9.17, 15) is 8.78 Å². The molecule has 0 spiro atoms. The number of halogens is 3. The first-order chi connectivity index (χ1) is 8.97. The van der Waals surface area contributed by atoms with Crippen LogP contribution >= 0.6 is 23.4 Å². The van der Waals surface area contributed by atoms with Gasteiger partial charge in [0, 0.05) is 15.5 Å². The van der Waals surface area contributed by atoms with Crippen LogP contribution in [0, 0.1) is 17.0 Å². The molecule has 2 aromatic carbocycles. The molecule has 0 aliphatic carbocycles. The van der Waals surface area contributed by atoms with Crippen molar-refractivity contribution in [2.24, 2.45) is 5.73 Å². The van der Waals surface area contributed by atoms with Gasteiger partial charge in [-0.3, -0.25) is 5.41 Å². The first-order valence-electron chi connectivity index (χ1n) is 5.24. The lowest BCUT2D eigenvalue weighted by Gasteiger charge is -2.07. The Kier molecular flexibility index (Phi) is 4.07. The molecule has 0 saturated heterocycles. The number of hydrogen-bond donors (Lipinski definition) is 2. The molecule has 0 heterocycles. The van der Waals surface area contributed by atoms with E-state index < -0.39 is 11.6 Å². The van der Waals surface area contributed by atoms with Crippen LogP contribution in [0.25, 0.3) is 0 Å². The maximum absolute atomic E-state index is 13.8. The zero-order valence-electron chi connectivity index (χ0n) is 9.58. The predicted octanol–water partition coefficient (Wildman–Crippen LogP) is 4.05. The van der Waals surface area contributed by atoms with E-state index in [4.69, 9.17) is 22.7 Å². The van der Waals surface area contributed by atoms with E-state index in [0.29, 0.717) is 9.92 Å². The summed E-state index contributed by atoms with van der Waals surface area (Å²) in [5, 5.41) is 7.66. The van der Waals surface area contributed by atoms with Crippen molar-refractivity contribution in [3.8, 4) is 0 Å². The van der Waals surface area contributed by atoms with Crippen molar-refractivity contribution in [1.29, 1.82) is 5.41 Å². The van der Waals surface area contributed by atoms with Gasteiger partial charge in [-0.15, -0.1) is 0 Å². The highest BCUT2D eigenvalue weighted by Crippen LogP contribution is 2.33. The highest BCUT2D eigenvalue weighted by Gasteiger charge is 2.14. The van der Waals surface area contributed by atoms with Gasteiger partial charge in [-0.1, -0.05) is 29.4 Å². The van der Waals surface area contributed by atoms with Crippen LogP contribution in [-0.4, -0.2) is 5.84 Å². The lowest BCUT2D eigenvalue weighted by atomic mass is 10.2. The largest absolute Gasteiger partial charge is 0.384 e. The summed E-state index contributed by atoms with van der Waals surface area (Å²) in [5.74, 6) is -1.89. The number of nitrogens with two attached hydrogens (primary N) is 1. The fourth-order valence-corrected chi connectivity index (χ4v) is 2.60. The number of hydrogen-bond acceptors (Lipinski definition) is 2. The lowest BCUT2D eigenvalue weighted by Crippen LogP contribution is -2.12. The number of nitrogens with one attached hydrogen (secondary N) is 1. The second-order valence-electron chi connectivity index (χ2n) is 3.74. The van der Waals surface area contributed by atoms with Crippen LogP contribution in [0.1, 0.15) is 5.56 Å². The predicted molar refractivity (Wildman–Crippen MR) is 72.9 cm³/mol. The van der Waals surface area contributed by atoms with Crippen LogP contribution in [0.2, 0.25) is 5.02 Å². The van der Waals surface area contributed by atoms with Crippen molar-refractivity contribution < 1.29 is 8.78 Å². The van der Waals surface area contributed by atoms with Gasteiger partial charge in [-0.2, -0.15) is 0 Å². The molecule has 0 fully saturated rings. The first-order valence-corrected chi connectivity index (χ1v) is 6.43. The third-order valence-corrected chi connectivity index (χ3v) is 3.64. The molecule has 0 aromatic heterocycles. The third-order valence-electron chi connectivity index (χ3n) is 2.33. The maximum atomic E-state index is 13.8. The Hall–Kier alpha value is -1.59. The molecule has 0 unspecified atom stereocenters. The summed E-state index contributed by atoms with van der Waals surface area (Å²) in [5.41, 5.74) is 5.22. The smallest absolute Gasteiger partial charge is 0.140 e. The van der Waals surface area contributed by atoms with Gasteiger partial charge < -0.3 is 5.73 Å². The molecular formula is C13H9ClF2N2S. The maximum Gasteiger partial charge on any atom is 0.140 e. The van der Waals surface area contributed by atoms with Gasteiger partial charge in [0.15, 0.2) is 0 Å². The Bertz CT molecular complexity index is 623. The molecule has 6 heteroatoms. The average Bonchev–Trinajstić information content (AvgIpc) is 2.33. The zero-order valence-corrected chi connectivity index (χ0v) is 11.2. The van der Waals surface area contributed by atoms with Crippen LogP contribution in [0.15, 0.2) is 46.2 Å². The third kappa shape index (κ3) is 3.24. The zero-order chi connectivity index (χ0) is 14.0. The van der Waals surface area contributed by atoms with E-state index in [-0.39, 0.29) is 16.3 Å². The van der Waals surface area contributed by atoms with Crippen LogP contribution in [-0.2, 0) is 0 Å². The molecule has 0 bridgehead atoms. The van der Waals surface area contributed by atoms with Crippen molar-refractivity contribution in [2.45, 2.75) is 9.79 Å². The summed E-state index contributed by atoms with van der Waals surface area (Å²) in [6, 6.07) is 8.77. The van der Waals surface area contributed by atoms with Gasteiger partial charge in [-0.25, -0.2) is 8.78 Å². The molecule has 2 aromatic rings. The molecular weight excluding hydrogens is 290 g/mol. The molecule has 0 saturated carbocycles. The molecule has 2 rings (SSSR count). The topological polar surface area (TPSA) is 49.9 Å².